The number of phosphoric acid groups is 1. The number of nitrogens with zero attached hydrogens (tertiary/aromatic N) is 3. The van der Waals surface area contributed by atoms with Crippen LogP contribution < -0.4 is 11.3 Å². The minimum absolute atomic E-state index is 0.0513. The van der Waals surface area contributed by atoms with E-state index in [1.165, 1.54) is 6.33 Å². The molecular formula is C10H16N5O6P. The summed E-state index contributed by atoms with van der Waals surface area (Å²) in [5, 5.41) is 9.34. The lowest BCUT2D eigenvalue weighted by atomic mass is 10.1. The van der Waals surface area contributed by atoms with Gasteiger partial charge in [0.05, 0.1) is 12.9 Å². The van der Waals surface area contributed by atoms with Crippen molar-refractivity contribution < 1.29 is 24.0 Å². The highest BCUT2D eigenvalue weighted by molar-refractivity contribution is 7.46. The molecule has 1 atom stereocenters. The lowest BCUT2D eigenvalue weighted by Gasteiger charge is -2.15. The van der Waals surface area contributed by atoms with Crippen molar-refractivity contribution in [3.05, 3.63) is 16.7 Å². The van der Waals surface area contributed by atoms with E-state index in [2.05, 4.69) is 19.5 Å². The third-order valence-electron chi connectivity index (χ3n) is 2.99. The second kappa shape index (κ2) is 6.55. The van der Waals surface area contributed by atoms with Gasteiger partial charge in [0.1, 0.15) is 0 Å². The zero-order chi connectivity index (χ0) is 16.3. The summed E-state index contributed by atoms with van der Waals surface area (Å²) in [6.45, 7) is -0.200. The van der Waals surface area contributed by atoms with Crippen LogP contribution in [0.25, 0.3) is 11.2 Å². The van der Waals surface area contributed by atoms with Gasteiger partial charge in [0.15, 0.2) is 11.2 Å². The Morgan fingerprint density at radius 2 is 2.23 bits per heavy atom. The van der Waals surface area contributed by atoms with Crippen LogP contribution in [0.1, 0.15) is 6.42 Å². The van der Waals surface area contributed by atoms with Crippen LogP contribution in [-0.4, -0.2) is 47.6 Å². The molecule has 22 heavy (non-hydrogen) atoms. The van der Waals surface area contributed by atoms with Crippen molar-refractivity contribution in [3.63, 3.8) is 0 Å². The van der Waals surface area contributed by atoms with Crippen LogP contribution in [0, 0.1) is 5.92 Å². The van der Waals surface area contributed by atoms with E-state index in [9.17, 15) is 14.5 Å². The van der Waals surface area contributed by atoms with Crippen molar-refractivity contribution in [1.29, 1.82) is 0 Å². The molecule has 0 radical (unpaired) electrons. The largest absolute Gasteiger partial charge is 0.469 e. The number of hydrogen-bond donors (Lipinski definition) is 5. The van der Waals surface area contributed by atoms with Gasteiger partial charge in [0.2, 0.25) is 5.95 Å². The molecule has 0 aliphatic rings. The van der Waals surface area contributed by atoms with Gasteiger partial charge in [0, 0.05) is 19.1 Å². The average Bonchev–Trinajstić information content (AvgIpc) is 2.79. The molecule has 0 saturated heterocycles. The first-order valence-electron chi connectivity index (χ1n) is 6.31. The quantitative estimate of drug-likeness (QED) is 0.390. The van der Waals surface area contributed by atoms with Crippen molar-refractivity contribution in [1.82, 2.24) is 19.5 Å². The molecule has 0 aliphatic heterocycles. The minimum atomic E-state index is -4.53. The summed E-state index contributed by atoms with van der Waals surface area (Å²) in [5.74, 6) is -0.407. The van der Waals surface area contributed by atoms with Crippen molar-refractivity contribution in [3.8, 4) is 0 Å². The molecule has 2 aromatic rings. The van der Waals surface area contributed by atoms with E-state index >= 15 is 0 Å². The van der Waals surface area contributed by atoms with Crippen LogP contribution in [0.5, 0.6) is 0 Å². The predicted molar refractivity (Wildman–Crippen MR) is 75.8 cm³/mol. The Bertz CT molecular complexity index is 752. The first-order valence-corrected chi connectivity index (χ1v) is 7.84. The van der Waals surface area contributed by atoms with Crippen molar-refractivity contribution in [2.45, 2.75) is 13.0 Å². The van der Waals surface area contributed by atoms with E-state index in [0.29, 0.717) is 0 Å². The number of anilines is 1. The van der Waals surface area contributed by atoms with Crippen LogP contribution in [-0.2, 0) is 15.6 Å². The minimum Gasteiger partial charge on any atom is -0.396 e. The Balaban J connectivity index is 2.11. The van der Waals surface area contributed by atoms with E-state index in [4.69, 9.17) is 15.5 Å². The van der Waals surface area contributed by atoms with Gasteiger partial charge in [-0.2, -0.15) is 4.98 Å². The number of nitrogen functional groups attached to an aromatic ring is 1. The Labute approximate surface area is 124 Å². The fraction of sp³-hybridized carbons (Fsp3) is 0.500. The van der Waals surface area contributed by atoms with E-state index < -0.39 is 13.4 Å². The second-order valence-corrected chi connectivity index (χ2v) is 5.92. The van der Waals surface area contributed by atoms with Crippen molar-refractivity contribution in [2.24, 2.45) is 5.92 Å². The second-order valence-electron chi connectivity index (χ2n) is 4.68. The number of phosphoric ester groups is 1. The lowest BCUT2D eigenvalue weighted by Crippen LogP contribution is -2.18. The van der Waals surface area contributed by atoms with Gasteiger partial charge in [-0.1, -0.05) is 0 Å². The van der Waals surface area contributed by atoms with Gasteiger partial charge in [-0.05, 0) is 6.42 Å². The SMILES string of the molecule is Nc1nc2c(ncn2C[C@H](CO)CCOP(=O)(O)O)c(=O)[nH]1. The van der Waals surface area contributed by atoms with Crippen molar-refractivity contribution in [2.75, 3.05) is 18.9 Å². The molecule has 2 rings (SSSR count). The maximum absolute atomic E-state index is 11.6. The summed E-state index contributed by atoms with van der Waals surface area (Å²) < 4.78 is 16.5. The molecule has 2 aromatic heterocycles. The topological polar surface area (TPSA) is 177 Å². The molecule has 2 heterocycles. The number of hydrogen-bond acceptors (Lipinski definition) is 7. The van der Waals surface area contributed by atoms with Gasteiger partial charge in [-0.3, -0.25) is 14.3 Å². The zero-order valence-corrected chi connectivity index (χ0v) is 12.3. The Kier molecular flexibility index (Phi) is 4.94. The molecule has 0 saturated carbocycles. The summed E-state index contributed by atoms with van der Waals surface area (Å²) in [7, 11) is -4.53. The maximum atomic E-state index is 11.6. The zero-order valence-electron chi connectivity index (χ0n) is 11.4. The molecule has 0 fully saturated rings. The standard InChI is InChI=1S/C10H16N5O6P/c11-10-13-8-7(9(17)14-10)12-5-15(8)3-6(4-16)1-2-21-22(18,19)20/h5-6,16H,1-4H2,(H2,18,19,20)(H3,11,13,14,17)/t6-/m1/s1. The number of aliphatic hydroxyl groups excluding tert-OH is 1. The Morgan fingerprint density at radius 3 is 2.86 bits per heavy atom. The maximum Gasteiger partial charge on any atom is 0.469 e. The number of imidazole rings is 1. The third-order valence-corrected chi connectivity index (χ3v) is 3.51. The number of nitrogens with two attached hydrogens (primary N) is 1. The summed E-state index contributed by atoms with van der Waals surface area (Å²) in [6.07, 6.45) is 1.60. The highest BCUT2D eigenvalue weighted by Gasteiger charge is 2.17. The molecule has 0 bridgehead atoms. The normalized spacial score (nSPS) is 13.6. The average molecular weight is 333 g/mol. The molecule has 122 valence electrons. The van der Waals surface area contributed by atoms with Gasteiger partial charge in [-0.15, -0.1) is 0 Å². The fourth-order valence-electron chi connectivity index (χ4n) is 1.96. The molecule has 0 spiro atoms. The van der Waals surface area contributed by atoms with Crippen LogP contribution >= 0.6 is 7.82 Å². The first kappa shape index (κ1) is 16.6. The van der Waals surface area contributed by atoms with Crippen LogP contribution in [0.15, 0.2) is 11.1 Å². The molecular weight excluding hydrogens is 317 g/mol. The molecule has 0 aliphatic carbocycles. The molecule has 0 aromatic carbocycles. The number of aromatic nitrogens is 4. The van der Waals surface area contributed by atoms with Crippen molar-refractivity contribution >= 4 is 24.9 Å². The van der Waals surface area contributed by atoms with E-state index in [1.54, 1.807) is 4.57 Å². The Morgan fingerprint density at radius 1 is 1.50 bits per heavy atom. The number of fused-ring (bicyclic) bond motifs is 1. The molecule has 0 unspecified atom stereocenters. The number of aromatic amines is 1. The van der Waals surface area contributed by atoms with Crippen LogP contribution in [0.4, 0.5) is 5.95 Å². The summed E-state index contributed by atoms with van der Waals surface area (Å²) in [5.41, 5.74) is 5.41. The third kappa shape index (κ3) is 4.12. The molecule has 12 heteroatoms. The molecule has 6 N–H and O–H groups in total. The van der Waals surface area contributed by atoms with E-state index in [0.717, 1.165) is 0 Å². The van der Waals surface area contributed by atoms with E-state index in [-0.39, 0.29) is 49.2 Å². The smallest absolute Gasteiger partial charge is 0.396 e. The fourth-order valence-corrected chi connectivity index (χ4v) is 2.30. The number of rotatable bonds is 7. The monoisotopic (exact) mass is 333 g/mol. The van der Waals surface area contributed by atoms with Crippen LogP contribution in [0.2, 0.25) is 0 Å². The number of nitrogens with one attached hydrogen (secondary N) is 1. The summed E-state index contributed by atoms with van der Waals surface area (Å²) >= 11 is 0. The molecule has 0 amide bonds. The first-order chi connectivity index (χ1) is 10.3. The van der Waals surface area contributed by atoms with E-state index in [1.807, 2.05) is 0 Å². The number of aliphatic hydroxyl groups is 1. The van der Waals surface area contributed by atoms with Crippen LogP contribution in [0.3, 0.4) is 0 Å². The Hall–Kier alpha value is -1.78. The summed E-state index contributed by atoms with van der Waals surface area (Å²) in [6, 6.07) is 0. The molecule has 11 nitrogen and oxygen atoms in total. The highest BCUT2D eigenvalue weighted by atomic mass is 31.2. The van der Waals surface area contributed by atoms with Gasteiger partial charge >= 0.3 is 7.82 Å². The van der Waals surface area contributed by atoms with Gasteiger partial charge < -0.3 is 25.2 Å². The van der Waals surface area contributed by atoms with Gasteiger partial charge in [-0.25, -0.2) is 9.55 Å². The lowest BCUT2D eigenvalue weighted by molar-refractivity contribution is 0.151. The number of H-pyrrole nitrogens is 1. The predicted octanol–water partition coefficient (Wildman–Crippen LogP) is -1.19. The van der Waals surface area contributed by atoms with Gasteiger partial charge in [0.25, 0.3) is 5.56 Å². The summed E-state index contributed by atoms with van der Waals surface area (Å²) in [4.78, 5) is 39.1. The highest BCUT2D eigenvalue weighted by Crippen LogP contribution is 2.36.